The Morgan fingerprint density at radius 1 is 1.15 bits per heavy atom. The molecule has 0 amide bonds. The Morgan fingerprint density at radius 3 is 2.50 bits per heavy atom. The molecule has 2 aliphatic heterocycles. The third-order valence-corrected chi connectivity index (χ3v) is 5.06. The Balaban J connectivity index is 1.75. The van der Waals surface area contributed by atoms with Gasteiger partial charge in [0, 0.05) is 12.1 Å². The van der Waals surface area contributed by atoms with E-state index in [0.717, 1.165) is 29.6 Å². The molecule has 2 saturated heterocycles. The normalized spacial score (nSPS) is 33.7. The lowest BCUT2D eigenvalue weighted by Crippen LogP contribution is -2.48. The second-order valence-electron chi connectivity index (χ2n) is 6.23. The van der Waals surface area contributed by atoms with Crippen molar-refractivity contribution in [1.29, 1.82) is 0 Å². The maximum absolute atomic E-state index is 11.1. The summed E-state index contributed by atoms with van der Waals surface area (Å²) in [4.78, 5) is 11.5. The van der Waals surface area contributed by atoms with Gasteiger partial charge in [0.2, 0.25) is 0 Å². The van der Waals surface area contributed by atoms with Crippen molar-refractivity contribution in [2.45, 2.75) is 43.4 Å². The standard InChI is InChI=1S/C16H19N3O/c1-19-11-6-7-12(19)9-16(20,8-11)15-10-17-13-4-2-3-5-14(13)18-15/h2-5,10-12,20H,6-9H2,1H3. The van der Waals surface area contributed by atoms with Gasteiger partial charge in [-0.05, 0) is 44.9 Å². The molecule has 4 heteroatoms. The molecule has 104 valence electrons. The van der Waals surface area contributed by atoms with E-state index in [1.807, 2.05) is 24.3 Å². The van der Waals surface area contributed by atoms with Gasteiger partial charge in [-0.2, -0.15) is 0 Å². The van der Waals surface area contributed by atoms with Crippen molar-refractivity contribution < 1.29 is 5.11 Å². The van der Waals surface area contributed by atoms with Gasteiger partial charge in [0.1, 0.15) is 5.60 Å². The summed E-state index contributed by atoms with van der Waals surface area (Å²) in [6.45, 7) is 0. The fraction of sp³-hybridized carbons (Fsp3) is 0.500. The van der Waals surface area contributed by atoms with E-state index >= 15 is 0 Å². The molecule has 1 N–H and O–H groups in total. The number of para-hydroxylation sites is 2. The molecule has 2 aromatic rings. The number of nitrogens with zero attached hydrogens (tertiary/aromatic N) is 3. The first-order valence-corrected chi connectivity index (χ1v) is 7.32. The van der Waals surface area contributed by atoms with E-state index in [9.17, 15) is 5.11 Å². The van der Waals surface area contributed by atoms with Crippen LogP contribution in [-0.4, -0.2) is 39.1 Å². The molecule has 0 spiro atoms. The Hall–Kier alpha value is -1.52. The van der Waals surface area contributed by atoms with Crippen molar-refractivity contribution in [3.63, 3.8) is 0 Å². The van der Waals surface area contributed by atoms with E-state index in [-0.39, 0.29) is 0 Å². The van der Waals surface area contributed by atoms with Crippen molar-refractivity contribution in [3.05, 3.63) is 36.2 Å². The molecule has 1 aromatic heterocycles. The molecule has 2 unspecified atom stereocenters. The maximum atomic E-state index is 11.1. The summed E-state index contributed by atoms with van der Waals surface area (Å²) in [6.07, 6.45) is 5.67. The summed E-state index contributed by atoms with van der Waals surface area (Å²) in [6, 6.07) is 8.79. The van der Waals surface area contributed by atoms with Gasteiger partial charge in [-0.15, -0.1) is 0 Å². The van der Waals surface area contributed by atoms with Crippen LogP contribution in [0.3, 0.4) is 0 Å². The van der Waals surface area contributed by atoms with Crippen LogP contribution in [0, 0.1) is 0 Å². The van der Waals surface area contributed by atoms with E-state index in [0.29, 0.717) is 12.1 Å². The molecule has 20 heavy (non-hydrogen) atoms. The minimum Gasteiger partial charge on any atom is -0.383 e. The van der Waals surface area contributed by atoms with E-state index in [1.165, 1.54) is 12.8 Å². The van der Waals surface area contributed by atoms with Crippen LogP contribution in [0.25, 0.3) is 11.0 Å². The van der Waals surface area contributed by atoms with Gasteiger partial charge < -0.3 is 10.0 Å². The number of aliphatic hydroxyl groups is 1. The fourth-order valence-electron chi connectivity index (χ4n) is 3.84. The lowest BCUT2D eigenvalue weighted by molar-refractivity contribution is -0.0524. The minimum absolute atomic E-state index is 0.479. The van der Waals surface area contributed by atoms with Crippen molar-refractivity contribution in [2.24, 2.45) is 0 Å². The molecular formula is C16H19N3O. The van der Waals surface area contributed by atoms with Crippen LogP contribution in [0.5, 0.6) is 0 Å². The molecule has 4 rings (SSSR count). The molecule has 2 atom stereocenters. The van der Waals surface area contributed by atoms with E-state index in [2.05, 4.69) is 21.9 Å². The SMILES string of the molecule is CN1C2CCC1CC(O)(c1cnc3ccccc3n1)C2. The highest BCUT2D eigenvalue weighted by Gasteiger charge is 2.47. The van der Waals surface area contributed by atoms with Gasteiger partial charge in [-0.3, -0.25) is 4.98 Å². The summed E-state index contributed by atoms with van der Waals surface area (Å²) in [5.41, 5.74) is 1.68. The summed E-state index contributed by atoms with van der Waals surface area (Å²) in [7, 11) is 2.17. The van der Waals surface area contributed by atoms with Gasteiger partial charge in [0.05, 0.1) is 22.9 Å². The average molecular weight is 269 g/mol. The zero-order chi connectivity index (χ0) is 13.7. The smallest absolute Gasteiger partial charge is 0.111 e. The quantitative estimate of drug-likeness (QED) is 0.861. The largest absolute Gasteiger partial charge is 0.383 e. The third-order valence-electron chi connectivity index (χ3n) is 5.06. The van der Waals surface area contributed by atoms with Crippen molar-refractivity contribution in [2.75, 3.05) is 7.05 Å². The van der Waals surface area contributed by atoms with E-state index < -0.39 is 5.60 Å². The Morgan fingerprint density at radius 2 is 1.80 bits per heavy atom. The number of aromatic nitrogens is 2. The minimum atomic E-state index is -0.810. The highest BCUT2D eigenvalue weighted by Crippen LogP contribution is 2.44. The number of rotatable bonds is 1. The average Bonchev–Trinajstić information content (AvgIpc) is 2.70. The topological polar surface area (TPSA) is 49.2 Å². The summed E-state index contributed by atoms with van der Waals surface area (Å²) in [5.74, 6) is 0. The summed E-state index contributed by atoms with van der Waals surface area (Å²) in [5, 5.41) is 11.1. The molecule has 4 nitrogen and oxygen atoms in total. The van der Waals surface area contributed by atoms with Crippen LogP contribution in [0.4, 0.5) is 0 Å². The van der Waals surface area contributed by atoms with Gasteiger partial charge in [0.25, 0.3) is 0 Å². The highest BCUT2D eigenvalue weighted by molar-refractivity contribution is 5.73. The van der Waals surface area contributed by atoms with Crippen LogP contribution in [0.1, 0.15) is 31.4 Å². The van der Waals surface area contributed by atoms with Crippen LogP contribution in [0.2, 0.25) is 0 Å². The molecule has 2 aliphatic rings. The predicted octanol–water partition coefficient (Wildman–Crippen LogP) is 2.07. The van der Waals surface area contributed by atoms with Crippen LogP contribution >= 0.6 is 0 Å². The van der Waals surface area contributed by atoms with Crippen molar-refractivity contribution in [1.82, 2.24) is 14.9 Å². The number of hydrogen-bond acceptors (Lipinski definition) is 4. The van der Waals surface area contributed by atoms with Gasteiger partial charge in [-0.25, -0.2) is 4.98 Å². The summed E-state index contributed by atoms with van der Waals surface area (Å²) < 4.78 is 0. The highest BCUT2D eigenvalue weighted by atomic mass is 16.3. The fourth-order valence-corrected chi connectivity index (χ4v) is 3.84. The van der Waals surface area contributed by atoms with Gasteiger partial charge in [-0.1, -0.05) is 12.1 Å². The third kappa shape index (κ3) is 1.75. The van der Waals surface area contributed by atoms with E-state index in [1.54, 1.807) is 6.20 Å². The predicted molar refractivity (Wildman–Crippen MR) is 77.2 cm³/mol. The molecule has 0 saturated carbocycles. The van der Waals surface area contributed by atoms with Gasteiger partial charge >= 0.3 is 0 Å². The molecule has 2 bridgehead atoms. The van der Waals surface area contributed by atoms with Crippen molar-refractivity contribution >= 4 is 11.0 Å². The van der Waals surface area contributed by atoms with Crippen LogP contribution in [-0.2, 0) is 5.60 Å². The zero-order valence-electron chi connectivity index (χ0n) is 11.7. The Labute approximate surface area is 118 Å². The molecule has 3 heterocycles. The monoisotopic (exact) mass is 269 g/mol. The summed E-state index contributed by atoms with van der Waals surface area (Å²) >= 11 is 0. The first-order chi connectivity index (χ1) is 9.66. The zero-order valence-corrected chi connectivity index (χ0v) is 11.7. The Bertz CT molecular complexity index is 643. The first kappa shape index (κ1) is 12.2. The Kier molecular flexibility index (Phi) is 2.59. The molecular weight excluding hydrogens is 250 g/mol. The number of fused-ring (bicyclic) bond motifs is 3. The van der Waals surface area contributed by atoms with E-state index in [4.69, 9.17) is 0 Å². The first-order valence-electron chi connectivity index (χ1n) is 7.32. The van der Waals surface area contributed by atoms with Gasteiger partial charge in [0.15, 0.2) is 0 Å². The lowest BCUT2D eigenvalue weighted by Gasteiger charge is -2.41. The molecule has 2 fully saturated rings. The molecule has 0 aliphatic carbocycles. The lowest BCUT2D eigenvalue weighted by atomic mass is 9.84. The second kappa shape index (κ2) is 4.24. The maximum Gasteiger partial charge on any atom is 0.111 e. The van der Waals surface area contributed by atoms with Crippen LogP contribution in [0.15, 0.2) is 30.5 Å². The second-order valence-corrected chi connectivity index (χ2v) is 6.23. The number of piperidine rings is 1. The van der Waals surface area contributed by atoms with Crippen LogP contribution < -0.4 is 0 Å². The number of hydrogen-bond donors (Lipinski definition) is 1. The van der Waals surface area contributed by atoms with Crippen molar-refractivity contribution in [3.8, 4) is 0 Å². The molecule has 0 radical (unpaired) electrons. The number of benzene rings is 1. The molecule has 1 aromatic carbocycles.